The van der Waals surface area contributed by atoms with Gasteiger partial charge in [-0.25, -0.2) is 9.97 Å². The van der Waals surface area contributed by atoms with Crippen LogP contribution in [-0.2, 0) is 21.4 Å². The maximum Gasteiger partial charge on any atom is 0.310 e. The Balaban J connectivity index is 1.10. The molecule has 2 saturated heterocycles. The first-order valence-electron chi connectivity index (χ1n) is 16.3. The van der Waals surface area contributed by atoms with Gasteiger partial charge in [-0.1, -0.05) is 73.1 Å². The summed E-state index contributed by atoms with van der Waals surface area (Å²) < 4.78 is 1.12. The number of benzene rings is 2. The van der Waals surface area contributed by atoms with Crippen molar-refractivity contribution in [3.8, 4) is 11.4 Å². The highest BCUT2D eigenvalue weighted by Gasteiger charge is 2.39. The number of hydrogen-bond donors (Lipinski definition) is 2. The normalized spacial score (nSPS) is 16.3. The molecule has 0 saturated carbocycles. The monoisotopic (exact) mass is 729 g/mol. The van der Waals surface area contributed by atoms with Crippen LogP contribution in [0.2, 0.25) is 0 Å². The van der Waals surface area contributed by atoms with Crippen molar-refractivity contribution in [2.45, 2.75) is 57.4 Å². The summed E-state index contributed by atoms with van der Waals surface area (Å²) in [6.07, 6.45) is 6.19. The molecule has 48 heavy (non-hydrogen) atoms. The van der Waals surface area contributed by atoms with E-state index in [1.165, 1.54) is 21.8 Å². The van der Waals surface area contributed by atoms with E-state index in [2.05, 4.69) is 81.2 Å². The Labute approximate surface area is 293 Å². The number of aliphatic carboxylic acids is 1. The molecular weight excluding hydrogens is 690 g/mol. The van der Waals surface area contributed by atoms with Gasteiger partial charge in [0.25, 0.3) is 5.91 Å². The zero-order chi connectivity index (χ0) is 34.0. The second kappa shape index (κ2) is 14.2. The molecule has 2 aliphatic heterocycles. The molecular formula is C37H40BrN5O4S. The smallest absolute Gasteiger partial charge is 0.310 e. The van der Waals surface area contributed by atoms with Crippen LogP contribution in [0.1, 0.15) is 65.2 Å². The lowest BCUT2D eigenvalue weighted by atomic mass is 9.89. The average molecular weight is 731 g/mol. The van der Waals surface area contributed by atoms with E-state index in [1.54, 1.807) is 6.07 Å². The lowest BCUT2D eigenvalue weighted by molar-refractivity contribution is -0.153. The minimum atomic E-state index is -0.917. The van der Waals surface area contributed by atoms with Crippen molar-refractivity contribution in [2.75, 3.05) is 31.1 Å². The molecule has 0 unspecified atom stereocenters. The molecule has 6 rings (SSSR count). The third-order valence-electron chi connectivity index (χ3n) is 9.19. The second-order valence-electron chi connectivity index (χ2n) is 13.7. The van der Waals surface area contributed by atoms with Gasteiger partial charge in [0.05, 0.1) is 28.9 Å². The van der Waals surface area contributed by atoms with Crippen LogP contribution in [0.3, 0.4) is 0 Å². The SMILES string of the molecule is CC(C)(C)c1ccc(C(=O)N[C@@H](Cc2ccc(-c3ncc(N4CCC(c5cccc(Br)c5)CC4)cn3)cc2)C(=O)N2CC(C(=O)O)C2)s1. The average Bonchev–Trinajstić information content (AvgIpc) is 3.56. The number of carbonyl (C=O) groups excluding carboxylic acids is 2. The molecule has 0 spiro atoms. The molecule has 11 heteroatoms. The Bertz CT molecular complexity index is 1770. The molecule has 0 bridgehead atoms. The van der Waals surface area contributed by atoms with Crippen LogP contribution in [0.15, 0.2) is 77.5 Å². The number of anilines is 1. The zero-order valence-electron chi connectivity index (χ0n) is 27.4. The van der Waals surface area contributed by atoms with Gasteiger partial charge in [-0.05, 0) is 59.6 Å². The van der Waals surface area contributed by atoms with Crippen LogP contribution < -0.4 is 10.2 Å². The van der Waals surface area contributed by atoms with Crippen molar-refractivity contribution in [2.24, 2.45) is 5.92 Å². The predicted octanol–water partition coefficient (Wildman–Crippen LogP) is 6.53. The van der Waals surface area contributed by atoms with Crippen molar-refractivity contribution < 1.29 is 19.5 Å². The number of carboxylic acids is 1. The number of rotatable bonds is 9. The molecule has 0 radical (unpaired) electrons. The highest BCUT2D eigenvalue weighted by molar-refractivity contribution is 9.10. The zero-order valence-corrected chi connectivity index (χ0v) is 29.8. The quantitative estimate of drug-likeness (QED) is 0.201. The highest BCUT2D eigenvalue weighted by Crippen LogP contribution is 2.32. The highest BCUT2D eigenvalue weighted by atomic mass is 79.9. The molecule has 2 amide bonds. The van der Waals surface area contributed by atoms with Crippen molar-refractivity contribution >= 4 is 50.7 Å². The van der Waals surface area contributed by atoms with Gasteiger partial charge >= 0.3 is 5.97 Å². The number of thiophene rings is 1. The van der Waals surface area contributed by atoms with Crippen LogP contribution >= 0.6 is 27.3 Å². The summed E-state index contributed by atoms with van der Waals surface area (Å²) in [6.45, 7) is 8.45. The number of nitrogens with zero attached hydrogens (tertiary/aromatic N) is 4. The van der Waals surface area contributed by atoms with Gasteiger partial charge < -0.3 is 20.2 Å². The molecule has 4 heterocycles. The largest absolute Gasteiger partial charge is 0.481 e. The topological polar surface area (TPSA) is 116 Å². The van der Waals surface area contributed by atoms with E-state index in [-0.39, 0.29) is 36.7 Å². The lowest BCUT2D eigenvalue weighted by Gasteiger charge is -2.38. The first-order chi connectivity index (χ1) is 22.9. The number of hydrogen-bond acceptors (Lipinski definition) is 7. The summed E-state index contributed by atoms with van der Waals surface area (Å²) in [4.78, 5) is 52.9. The minimum Gasteiger partial charge on any atom is -0.481 e. The molecule has 2 aliphatic rings. The summed E-state index contributed by atoms with van der Waals surface area (Å²) in [5, 5.41) is 12.2. The minimum absolute atomic E-state index is 0.0919. The second-order valence-corrected chi connectivity index (χ2v) is 15.7. The van der Waals surface area contributed by atoms with Crippen LogP contribution in [-0.4, -0.2) is 70.0 Å². The number of halogens is 1. The molecule has 250 valence electrons. The standard InChI is InChI=1S/C37H40BrN5O4S/c1-37(2,3)32-12-11-31(48-32)34(44)41-30(35(45)43-21-27(22-43)36(46)47)17-23-7-9-25(10-8-23)33-39-19-29(20-40-33)42-15-13-24(14-16-42)26-5-4-6-28(38)18-26/h4-12,18-20,24,27,30H,13-17,21-22H2,1-3H3,(H,41,44)(H,46,47)/t30-/m0/s1. The Morgan fingerprint density at radius 1 is 1.00 bits per heavy atom. The van der Waals surface area contributed by atoms with E-state index >= 15 is 0 Å². The number of piperidine rings is 1. The Hall–Kier alpha value is -4.09. The molecule has 1 atom stereocenters. The van der Waals surface area contributed by atoms with Crippen molar-refractivity contribution in [3.05, 3.63) is 98.4 Å². The van der Waals surface area contributed by atoms with Crippen molar-refractivity contribution in [3.63, 3.8) is 0 Å². The third kappa shape index (κ3) is 7.79. The maximum atomic E-state index is 13.5. The summed E-state index contributed by atoms with van der Waals surface area (Å²) in [7, 11) is 0. The number of carboxylic acid groups (broad SMARTS) is 1. The maximum absolute atomic E-state index is 13.5. The molecule has 9 nitrogen and oxygen atoms in total. The van der Waals surface area contributed by atoms with Gasteiger partial charge in [0.1, 0.15) is 6.04 Å². The predicted molar refractivity (Wildman–Crippen MR) is 191 cm³/mol. The molecule has 2 aromatic carbocycles. The molecule has 0 aliphatic carbocycles. The van der Waals surface area contributed by atoms with Crippen molar-refractivity contribution in [1.29, 1.82) is 0 Å². The number of carbonyl (C=O) groups is 3. The van der Waals surface area contributed by atoms with E-state index in [0.29, 0.717) is 16.6 Å². The van der Waals surface area contributed by atoms with E-state index in [9.17, 15) is 19.5 Å². The van der Waals surface area contributed by atoms with Gasteiger partial charge in [-0.3, -0.25) is 14.4 Å². The van der Waals surface area contributed by atoms with Gasteiger partial charge in [-0.15, -0.1) is 11.3 Å². The number of likely N-dealkylation sites (tertiary alicyclic amines) is 1. The first-order valence-corrected chi connectivity index (χ1v) is 17.9. The number of nitrogens with one attached hydrogen (secondary N) is 1. The van der Waals surface area contributed by atoms with E-state index in [0.717, 1.165) is 52.1 Å². The first kappa shape index (κ1) is 33.8. The fraction of sp³-hybridized carbons (Fsp3) is 0.378. The van der Waals surface area contributed by atoms with E-state index < -0.39 is 17.9 Å². The fourth-order valence-corrected chi connectivity index (χ4v) is 7.60. The Morgan fingerprint density at radius 2 is 1.69 bits per heavy atom. The molecule has 2 fully saturated rings. The van der Waals surface area contributed by atoms with Crippen LogP contribution in [0.4, 0.5) is 5.69 Å². The number of aromatic nitrogens is 2. The van der Waals surface area contributed by atoms with Crippen LogP contribution in [0.25, 0.3) is 11.4 Å². The molecule has 2 aromatic heterocycles. The van der Waals surface area contributed by atoms with Gasteiger partial charge in [0.15, 0.2) is 5.82 Å². The van der Waals surface area contributed by atoms with Crippen LogP contribution in [0, 0.1) is 5.92 Å². The van der Waals surface area contributed by atoms with Crippen LogP contribution in [0.5, 0.6) is 0 Å². The molecule has 4 aromatic rings. The fourth-order valence-electron chi connectivity index (χ4n) is 6.22. The lowest BCUT2D eigenvalue weighted by Crippen LogP contribution is -2.59. The third-order valence-corrected chi connectivity index (χ3v) is 11.2. The summed E-state index contributed by atoms with van der Waals surface area (Å²) >= 11 is 5.00. The Morgan fingerprint density at radius 3 is 2.29 bits per heavy atom. The van der Waals surface area contributed by atoms with Crippen molar-refractivity contribution in [1.82, 2.24) is 20.2 Å². The van der Waals surface area contributed by atoms with Gasteiger partial charge in [0, 0.05) is 47.5 Å². The number of amides is 2. The van der Waals surface area contributed by atoms with E-state index in [4.69, 9.17) is 0 Å². The summed E-state index contributed by atoms with van der Waals surface area (Å²) in [6, 6.07) is 19.2. The summed E-state index contributed by atoms with van der Waals surface area (Å²) in [5.74, 6) is -0.928. The summed E-state index contributed by atoms with van der Waals surface area (Å²) in [5.41, 5.74) is 4.01. The van der Waals surface area contributed by atoms with E-state index in [1.807, 2.05) is 42.7 Å². The Kier molecular flexibility index (Phi) is 9.98. The van der Waals surface area contributed by atoms with Gasteiger partial charge in [0.2, 0.25) is 5.91 Å². The molecule has 2 N–H and O–H groups in total. The van der Waals surface area contributed by atoms with Gasteiger partial charge in [-0.2, -0.15) is 0 Å².